The number of aryl methyl sites for hydroxylation is 1. The van der Waals surface area contributed by atoms with E-state index in [0.29, 0.717) is 18.1 Å². The summed E-state index contributed by atoms with van der Waals surface area (Å²) in [6.07, 6.45) is 5.23. The second kappa shape index (κ2) is 3.80. The molecule has 0 atom stereocenters. The highest BCUT2D eigenvalue weighted by atomic mass is 19.3. The maximum absolute atomic E-state index is 12.6. The number of hydrogen-bond donors (Lipinski definition) is 0. The highest BCUT2D eigenvalue weighted by Gasteiger charge is 2.43. The topological polar surface area (TPSA) is 29.0 Å². The minimum atomic E-state index is -2.56. The van der Waals surface area contributed by atoms with Crippen LogP contribution in [0.2, 0.25) is 0 Å². The zero-order valence-corrected chi connectivity index (χ0v) is 8.87. The molecule has 1 aromatic rings. The molecule has 16 heavy (non-hydrogen) atoms. The Kier molecular flexibility index (Phi) is 2.60. The van der Waals surface area contributed by atoms with E-state index in [4.69, 9.17) is 6.42 Å². The minimum Gasteiger partial charge on any atom is -0.284 e. The minimum absolute atomic E-state index is 0.226. The second-order valence-electron chi connectivity index (χ2n) is 3.96. The number of aromatic nitrogens is 2. The summed E-state index contributed by atoms with van der Waals surface area (Å²) in [5.74, 6) is 0.362. The number of terminal acetylenes is 1. The Bertz CT molecular complexity index is 443. The van der Waals surface area contributed by atoms with Crippen molar-refractivity contribution in [1.29, 1.82) is 0 Å². The van der Waals surface area contributed by atoms with Gasteiger partial charge in [-0.2, -0.15) is 0 Å². The van der Waals surface area contributed by atoms with Crippen molar-refractivity contribution in [3.63, 3.8) is 0 Å². The third-order valence-electron chi connectivity index (χ3n) is 2.32. The predicted octanol–water partition coefficient (Wildman–Crippen LogP) is 1.22. The lowest BCUT2D eigenvalue weighted by molar-refractivity contribution is -0.134. The molecule has 0 spiro atoms. The first-order valence-electron chi connectivity index (χ1n) is 4.90. The van der Waals surface area contributed by atoms with Crippen molar-refractivity contribution < 1.29 is 8.78 Å². The highest BCUT2D eigenvalue weighted by molar-refractivity contribution is 5.25. The summed E-state index contributed by atoms with van der Waals surface area (Å²) in [5, 5.41) is 0. The summed E-state index contributed by atoms with van der Waals surface area (Å²) >= 11 is 0. The number of halogens is 2. The Morgan fingerprint density at radius 1 is 1.50 bits per heavy atom. The van der Waals surface area contributed by atoms with E-state index in [1.54, 1.807) is 17.9 Å². The molecular weight excluding hydrogens is 212 g/mol. The SMILES string of the molecule is C#Cc1cc(C)nc(CN2CC(F)(F)C2)n1. The molecule has 84 valence electrons. The predicted molar refractivity (Wildman–Crippen MR) is 54.9 cm³/mol. The van der Waals surface area contributed by atoms with Crippen molar-refractivity contribution in [3.05, 3.63) is 23.3 Å². The van der Waals surface area contributed by atoms with Crippen LogP contribution in [0.15, 0.2) is 6.07 Å². The fourth-order valence-electron chi connectivity index (χ4n) is 1.69. The zero-order chi connectivity index (χ0) is 11.8. The molecule has 0 N–H and O–H groups in total. The van der Waals surface area contributed by atoms with Gasteiger partial charge in [0.15, 0.2) is 0 Å². The van der Waals surface area contributed by atoms with Gasteiger partial charge in [-0.1, -0.05) is 5.92 Å². The first-order valence-corrected chi connectivity index (χ1v) is 4.90. The molecule has 2 rings (SSSR count). The third kappa shape index (κ3) is 2.34. The Morgan fingerprint density at radius 2 is 2.19 bits per heavy atom. The van der Waals surface area contributed by atoms with Gasteiger partial charge in [-0.25, -0.2) is 18.7 Å². The third-order valence-corrected chi connectivity index (χ3v) is 2.32. The van der Waals surface area contributed by atoms with Crippen LogP contribution in [0.4, 0.5) is 8.78 Å². The molecule has 0 unspecified atom stereocenters. The van der Waals surface area contributed by atoms with Gasteiger partial charge in [-0.15, -0.1) is 6.42 Å². The molecule has 1 fully saturated rings. The molecule has 0 bridgehead atoms. The van der Waals surface area contributed by atoms with Crippen LogP contribution in [0.1, 0.15) is 17.2 Å². The van der Waals surface area contributed by atoms with Crippen molar-refractivity contribution in [3.8, 4) is 12.3 Å². The molecule has 1 aromatic heterocycles. The van der Waals surface area contributed by atoms with E-state index in [0.717, 1.165) is 5.69 Å². The summed E-state index contributed by atoms with van der Waals surface area (Å²) in [6.45, 7) is 1.67. The van der Waals surface area contributed by atoms with Gasteiger partial charge in [0, 0.05) is 5.69 Å². The van der Waals surface area contributed by atoms with E-state index in [2.05, 4.69) is 15.9 Å². The first kappa shape index (κ1) is 11.0. The van der Waals surface area contributed by atoms with Crippen LogP contribution in [-0.2, 0) is 6.54 Å². The summed E-state index contributed by atoms with van der Waals surface area (Å²) in [5.41, 5.74) is 1.25. The van der Waals surface area contributed by atoms with Crippen LogP contribution in [0.3, 0.4) is 0 Å². The van der Waals surface area contributed by atoms with Gasteiger partial charge in [0.05, 0.1) is 19.6 Å². The molecular formula is C11H11F2N3. The van der Waals surface area contributed by atoms with Crippen LogP contribution < -0.4 is 0 Å². The van der Waals surface area contributed by atoms with Gasteiger partial charge in [0.2, 0.25) is 0 Å². The average Bonchev–Trinajstić information content (AvgIpc) is 2.14. The largest absolute Gasteiger partial charge is 0.284 e. The van der Waals surface area contributed by atoms with Crippen LogP contribution in [-0.4, -0.2) is 33.9 Å². The van der Waals surface area contributed by atoms with Crippen LogP contribution in [0, 0.1) is 19.3 Å². The molecule has 5 heteroatoms. The molecule has 0 saturated carbocycles. The molecule has 3 nitrogen and oxygen atoms in total. The maximum atomic E-state index is 12.6. The monoisotopic (exact) mass is 223 g/mol. The van der Waals surface area contributed by atoms with Gasteiger partial charge in [0.1, 0.15) is 11.5 Å². The molecule has 1 aliphatic rings. The number of alkyl halides is 2. The van der Waals surface area contributed by atoms with Crippen LogP contribution >= 0.6 is 0 Å². The number of likely N-dealkylation sites (tertiary alicyclic amines) is 1. The standard InChI is InChI=1S/C11H11F2N3/c1-3-9-4-8(2)14-10(15-9)5-16-6-11(12,13)7-16/h1,4H,5-7H2,2H3. The van der Waals surface area contributed by atoms with Gasteiger partial charge >= 0.3 is 0 Å². The second-order valence-corrected chi connectivity index (χ2v) is 3.96. The van der Waals surface area contributed by atoms with E-state index < -0.39 is 5.92 Å². The van der Waals surface area contributed by atoms with Gasteiger partial charge in [-0.3, -0.25) is 4.90 Å². The highest BCUT2D eigenvalue weighted by Crippen LogP contribution is 2.27. The zero-order valence-electron chi connectivity index (χ0n) is 8.87. The van der Waals surface area contributed by atoms with Crippen LogP contribution in [0.5, 0.6) is 0 Å². The van der Waals surface area contributed by atoms with E-state index in [1.807, 2.05) is 0 Å². The molecule has 0 radical (unpaired) electrons. The molecule has 0 aliphatic carbocycles. The quantitative estimate of drug-likeness (QED) is 0.706. The number of hydrogen-bond acceptors (Lipinski definition) is 3. The normalized spacial score (nSPS) is 18.9. The Labute approximate surface area is 92.5 Å². The van der Waals surface area contributed by atoms with Gasteiger partial charge < -0.3 is 0 Å². The summed E-state index contributed by atoms with van der Waals surface area (Å²) < 4.78 is 25.2. The van der Waals surface area contributed by atoms with Gasteiger partial charge in [0.25, 0.3) is 5.92 Å². The van der Waals surface area contributed by atoms with Crippen molar-refractivity contribution >= 4 is 0 Å². The Hall–Kier alpha value is -1.54. The summed E-state index contributed by atoms with van der Waals surface area (Å²) in [4.78, 5) is 9.84. The van der Waals surface area contributed by atoms with Crippen molar-refractivity contribution in [1.82, 2.24) is 14.9 Å². The van der Waals surface area contributed by atoms with Crippen molar-refractivity contribution in [2.24, 2.45) is 0 Å². The molecule has 1 aliphatic heterocycles. The summed E-state index contributed by atoms with van der Waals surface area (Å²) in [7, 11) is 0. The molecule has 2 heterocycles. The van der Waals surface area contributed by atoms with E-state index in [1.165, 1.54) is 0 Å². The Morgan fingerprint density at radius 3 is 2.75 bits per heavy atom. The molecule has 0 amide bonds. The van der Waals surface area contributed by atoms with E-state index in [-0.39, 0.29) is 13.1 Å². The van der Waals surface area contributed by atoms with Gasteiger partial charge in [-0.05, 0) is 13.0 Å². The lowest BCUT2D eigenvalue weighted by Gasteiger charge is -2.38. The lowest BCUT2D eigenvalue weighted by Crippen LogP contribution is -2.55. The smallest absolute Gasteiger partial charge is 0.272 e. The fourth-order valence-corrected chi connectivity index (χ4v) is 1.69. The number of nitrogens with zero attached hydrogens (tertiary/aromatic N) is 3. The molecule has 0 aromatic carbocycles. The summed E-state index contributed by atoms with van der Waals surface area (Å²) in [6, 6.07) is 1.69. The van der Waals surface area contributed by atoms with Crippen LogP contribution in [0.25, 0.3) is 0 Å². The Balaban J connectivity index is 2.06. The van der Waals surface area contributed by atoms with Crippen molar-refractivity contribution in [2.45, 2.75) is 19.4 Å². The molecule has 1 saturated heterocycles. The van der Waals surface area contributed by atoms with Crippen molar-refractivity contribution in [2.75, 3.05) is 13.1 Å². The number of rotatable bonds is 2. The first-order chi connectivity index (χ1) is 7.48. The van der Waals surface area contributed by atoms with E-state index in [9.17, 15) is 8.78 Å². The maximum Gasteiger partial charge on any atom is 0.272 e. The van der Waals surface area contributed by atoms with E-state index >= 15 is 0 Å². The average molecular weight is 223 g/mol. The fraction of sp³-hybridized carbons (Fsp3) is 0.455. The lowest BCUT2D eigenvalue weighted by atomic mass is 10.1.